The van der Waals surface area contributed by atoms with Crippen LogP contribution in [0, 0.1) is 6.92 Å². The van der Waals surface area contributed by atoms with Crippen LogP contribution in [0.1, 0.15) is 46.5 Å². The van der Waals surface area contributed by atoms with Gasteiger partial charge >= 0.3 is 0 Å². The summed E-state index contributed by atoms with van der Waals surface area (Å²) in [6, 6.07) is 4.31. The van der Waals surface area contributed by atoms with E-state index < -0.39 is 16.1 Å². The van der Waals surface area contributed by atoms with Gasteiger partial charge in [0.25, 0.3) is 5.91 Å². The molecule has 8 nitrogen and oxygen atoms in total. The fourth-order valence-corrected chi connectivity index (χ4v) is 4.65. The Balaban J connectivity index is 1.65. The number of carbonyl (C=O) groups excluding carboxylic acids is 1. The number of nitrogens with one attached hydrogen (secondary N) is 2. The van der Waals surface area contributed by atoms with Gasteiger partial charge in [-0.3, -0.25) is 4.79 Å². The van der Waals surface area contributed by atoms with Crippen molar-refractivity contribution < 1.29 is 13.2 Å². The van der Waals surface area contributed by atoms with E-state index in [-0.39, 0.29) is 10.8 Å². The molecule has 0 bridgehead atoms. The Labute approximate surface area is 145 Å². The molecule has 25 heavy (non-hydrogen) atoms. The van der Waals surface area contributed by atoms with E-state index in [9.17, 15) is 13.2 Å². The lowest BCUT2D eigenvalue weighted by molar-refractivity contribution is 0.0945. The van der Waals surface area contributed by atoms with Gasteiger partial charge in [-0.2, -0.15) is 5.10 Å². The van der Waals surface area contributed by atoms with Crippen LogP contribution in [-0.4, -0.2) is 35.6 Å². The molecule has 2 aromatic rings. The Kier molecular flexibility index (Phi) is 3.84. The topological polar surface area (TPSA) is 106 Å². The molecular formula is C16H19N5O3S. The van der Waals surface area contributed by atoms with Crippen LogP contribution in [0.4, 0.5) is 0 Å². The molecule has 1 aromatic heterocycles. The van der Waals surface area contributed by atoms with Crippen LogP contribution in [0.5, 0.6) is 0 Å². The van der Waals surface area contributed by atoms with Crippen LogP contribution in [0.2, 0.25) is 0 Å². The molecule has 9 heteroatoms. The third-order valence-electron chi connectivity index (χ3n) is 4.59. The number of aromatic nitrogens is 3. The Morgan fingerprint density at radius 2 is 2.20 bits per heavy atom. The first-order valence-electron chi connectivity index (χ1n) is 8.29. The summed E-state index contributed by atoms with van der Waals surface area (Å²) in [5.41, 5.74) is 1.30. The van der Waals surface area contributed by atoms with Crippen LogP contribution in [0.15, 0.2) is 23.1 Å². The number of benzene rings is 1. The van der Waals surface area contributed by atoms with Crippen LogP contribution in [0.3, 0.4) is 0 Å². The van der Waals surface area contributed by atoms with E-state index in [1.807, 2.05) is 0 Å². The average Bonchev–Trinajstić information content (AvgIpc) is 2.96. The second-order valence-corrected chi connectivity index (χ2v) is 8.10. The van der Waals surface area contributed by atoms with Crippen LogP contribution >= 0.6 is 0 Å². The Morgan fingerprint density at radius 1 is 1.36 bits per heavy atom. The predicted octanol–water partition coefficient (Wildman–Crippen LogP) is 0.686. The fourth-order valence-electron chi connectivity index (χ4n) is 3.39. The van der Waals surface area contributed by atoms with Crippen molar-refractivity contribution in [3.63, 3.8) is 0 Å². The van der Waals surface area contributed by atoms with Gasteiger partial charge in [-0.05, 0) is 43.9 Å². The minimum Gasteiger partial charge on any atom is -0.352 e. The molecule has 0 saturated carbocycles. The minimum absolute atomic E-state index is 0.0941. The Hall–Kier alpha value is -2.26. The van der Waals surface area contributed by atoms with E-state index in [1.54, 1.807) is 23.7 Å². The van der Waals surface area contributed by atoms with Crippen molar-refractivity contribution in [3.05, 3.63) is 41.0 Å². The molecule has 2 aliphatic heterocycles. The predicted molar refractivity (Wildman–Crippen MR) is 89.5 cm³/mol. The smallest absolute Gasteiger partial charge is 0.251 e. The van der Waals surface area contributed by atoms with Gasteiger partial charge in [-0.15, -0.1) is 0 Å². The molecule has 2 aliphatic rings. The highest BCUT2D eigenvalue weighted by atomic mass is 32.2. The number of nitrogens with zero attached hydrogens (tertiary/aromatic N) is 3. The molecular weight excluding hydrogens is 342 g/mol. The van der Waals surface area contributed by atoms with E-state index in [0.717, 1.165) is 18.5 Å². The molecule has 1 atom stereocenters. The molecule has 3 heterocycles. The van der Waals surface area contributed by atoms with Crippen molar-refractivity contribution in [2.45, 2.75) is 43.7 Å². The number of rotatable bonds is 3. The molecule has 1 amide bonds. The standard InChI is InChI=1S/C16H19N5O3S/c1-10-18-15-14(3-2-8-21(15)19-10)20-25(23,24)12-5-4-11-6-7-17-16(22)13(11)9-12/h4-5,9,14,20H,2-3,6-8H2,1H3,(H,17,22). The largest absolute Gasteiger partial charge is 0.352 e. The minimum atomic E-state index is -3.76. The molecule has 4 rings (SSSR count). The van der Waals surface area contributed by atoms with Crippen molar-refractivity contribution >= 4 is 15.9 Å². The zero-order valence-corrected chi connectivity index (χ0v) is 14.6. The lowest BCUT2D eigenvalue weighted by atomic mass is 10.0. The number of hydrogen-bond acceptors (Lipinski definition) is 5. The summed E-state index contributed by atoms with van der Waals surface area (Å²) >= 11 is 0. The van der Waals surface area contributed by atoms with Crippen LogP contribution in [0.25, 0.3) is 0 Å². The molecule has 0 aliphatic carbocycles. The summed E-state index contributed by atoms with van der Waals surface area (Å²) in [6.45, 7) is 3.11. The van der Waals surface area contributed by atoms with Gasteiger partial charge in [0, 0.05) is 18.7 Å². The first-order chi connectivity index (χ1) is 11.9. The quantitative estimate of drug-likeness (QED) is 0.836. The summed E-state index contributed by atoms with van der Waals surface area (Å²) in [6.07, 6.45) is 2.21. The first-order valence-corrected chi connectivity index (χ1v) is 9.77. The van der Waals surface area contributed by atoms with Crippen molar-refractivity contribution in [1.82, 2.24) is 24.8 Å². The maximum absolute atomic E-state index is 12.8. The van der Waals surface area contributed by atoms with Gasteiger partial charge in [0.2, 0.25) is 10.0 Å². The maximum Gasteiger partial charge on any atom is 0.251 e. The number of aryl methyl sites for hydroxylation is 2. The van der Waals surface area contributed by atoms with Gasteiger partial charge in [-0.25, -0.2) is 22.8 Å². The summed E-state index contributed by atoms with van der Waals surface area (Å²) in [5, 5.41) is 7.03. The zero-order valence-electron chi connectivity index (χ0n) is 13.8. The maximum atomic E-state index is 12.8. The summed E-state index contributed by atoms with van der Waals surface area (Å²) in [7, 11) is -3.76. The number of amides is 1. The third kappa shape index (κ3) is 2.93. The number of fused-ring (bicyclic) bond motifs is 2. The van der Waals surface area contributed by atoms with Crippen LogP contribution in [-0.2, 0) is 23.0 Å². The highest BCUT2D eigenvalue weighted by Gasteiger charge is 2.29. The molecule has 2 N–H and O–H groups in total. The Bertz CT molecular complexity index is 951. The molecule has 0 saturated heterocycles. The van der Waals surface area contributed by atoms with E-state index in [1.165, 1.54) is 6.07 Å². The summed E-state index contributed by atoms with van der Waals surface area (Å²) in [4.78, 5) is 16.4. The van der Waals surface area contributed by atoms with Gasteiger partial charge in [0.05, 0.1) is 10.9 Å². The van der Waals surface area contributed by atoms with Gasteiger partial charge < -0.3 is 5.32 Å². The van der Waals surface area contributed by atoms with Crippen molar-refractivity contribution in [2.24, 2.45) is 0 Å². The van der Waals surface area contributed by atoms with Gasteiger partial charge in [0.1, 0.15) is 11.6 Å². The average molecular weight is 361 g/mol. The van der Waals surface area contributed by atoms with Crippen LogP contribution < -0.4 is 10.0 Å². The second-order valence-electron chi connectivity index (χ2n) is 6.38. The number of carbonyl (C=O) groups is 1. The molecule has 0 radical (unpaired) electrons. The second kappa shape index (κ2) is 5.92. The summed E-state index contributed by atoms with van der Waals surface area (Å²) < 4.78 is 30.1. The lowest BCUT2D eigenvalue weighted by Crippen LogP contribution is -2.34. The normalized spacial score (nSPS) is 19.9. The highest BCUT2D eigenvalue weighted by molar-refractivity contribution is 7.89. The lowest BCUT2D eigenvalue weighted by Gasteiger charge is -2.23. The third-order valence-corrected chi connectivity index (χ3v) is 6.06. The van der Waals surface area contributed by atoms with E-state index >= 15 is 0 Å². The van der Waals surface area contributed by atoms with Gasteiger partial charge in [-0.1, -0.05) is 6.07 Å². The van der Waals surface area contributed by atoms with E-state index in [2.05, 4.69) is 20.1 Å². The molecule has 1 aromatic carbocycles. The molecule has 0 spiro atoms. The number of sulfonamides is 1. The first kappa shape index (κ1) is 16.2. The van der Waals surface area contributed by atoms with Crippen molar-refractivity contribution in [1.29, 1.82) is 0 Å². The zero-order chi connectivity index (χ0) is 17.6. The van der Waals surface area contributed by atoms with E-state index in [4.69, 9.17) is 0 Å². The molecule has 0 fully saturated rings. The number of hydrogen-bond donors (Lipinski definition) is 2. The van der Waals surface area contributed by atoms with E-state index in [0.29, 0.717) is 36.6 Å². The highest BCUT2D eigenvalue weighted by Crippen LogP contribution is 2.26. The Morgan fingerprint density at radius 3 is 3.04 bits per heavy atom. The fraction of sp³-hybridized carbons (Fsp3) is 0.438. The monoisotopic (exact) mass is 361 g/mol. The molecule has 132 valence electrons. The van der Waals surface area contributed by atoms with Crippen molar-refractivity contribution in [2.75, 3.05) is 6.54 Å². The summed E-state index contributed by atoms with van der Waals surface area (Å²) in [5.74, 6) is 1.04. The van der Waals surface area contributed by atoms with Gasteiger partial charge in [0.15, 0.2) is 0 Å². The van der Waals surface area contributed by atoms with Crippen molar-refractivity contribution in [3.8, 4) is 0 Å². The molecule has 1 unspecified atom stereocenters. The SMILES string of the molecule is Cc1nc2n(n1)CCCC2NS(=O)(=O)c1ccc2c(c1)C(=O)NCC2.